The molecule has 0 spiro atoms. The fourth-order valence-corrected chi connectivity index (χ4v) is 2.19. The van der Waals surface area contributed by atoms with E-state index in [0.717, 1.165) is 18.2 Å². The van der Waals surface area contributed by atoms with Crippen LogP contribution in [0.3, 0.4) is 0 Å². The highest BCUT2D eigenvalue weighted by molar-refractivity contribution is 5.38. The van der Waals surface area contributed by atoms with Gasteiger partial charge in [0.15, 0.2) is 0 Å². The first kappa shape index (κ1) is 10.5. The van der Waals surface area contributed by atoms with Crippen LogP contribution in [0.4, 0.5) is 5.69 Å². The van der Waals surface area contributed by atoms with Crippen molar-refractivity contribution in [2.45, 2.75) is 45.6 Å². The van der Waals surface area contributed by atoms with Crippen LogP contribution in [0.2, 0.25) is 0 Å². The van der Waals surface area contributed by atoms with E-state index in [4.69, 9.17) is 0 Å². The van der Waals surface area contributed by atoms with Gasteiger partial charge in [0.25, 0.3) is 0 Å². The molecule has 1 aromatic heterocycles. The summed E-state index contributed by atoms with van der Waals surface area (Å²) in [6, 6.07) is 0.451. The number of nitrogens with one attached hydrogen (secondary N) is 1. The van der Waals surface area contributed by atoms with Gasteiger partial charge in [-0.15, -0.1) is 0 Å². The van der Waals surface area contributed by atoms with Crippen LogP contribution in [0.15, 0.2) is 12.4 Å². The number of aromatic nitrogens is 2. The highest BCUT2D eigenvalue weighted by Gasteiger charge is 2.14. The van der Waals surface area contributed by atoms with Gasteiger partial charge in [0.2, 0.25) is 0 Å². The SMILES string of the molecule is CC(C)n1cc(NCC2CCCC2)cn1. The van der Waals surface area contributed by atoms with Crippen LogP contribution in [0.25, 0.3) is 0 Å². The van der Waals surface area contributed by atoms with E-state index in [2.05, 4.69) is 30.5 Å². The average Bonchev–Trinajstić information content (AvgIpc) is 2.86. The molecule has 1 N–H and O–H groups in total. The van der Waals surface area contributed by atoms with E-state index in [1.165, 1.54) is 25.7 Å². The first-order chi connectivity index (χ1) is 7.25. The molecule has 0 radical (unpaired) electrons. The minimum absolute atomic E-state index is 0.451. The zero-order chi connectivity index (χ0) is 10.7. The Balaban J connectivity index is 1.82. The Hall–Kier alpha value is -0.990. The lowest BCUT2D eigenvalue weighted by Gasteiger charge is -2.09. The number of nitrogens with zero attached hydrogens (tertiary/aromatic N) is 2. The van der Waals surface area contributed by atoms with Crippen molar-refractivity contribution in [2.75, 3.05) is 11.9 Å². The van der Waals surface area contributed by atoms with Gasteiger partial charge >= 0.3 is 0 Å². The fourth-order valence-electron chi connectivity index (χ4n) is 2.19. The molecule has 2 rings (SSSR count). The van der Waals surface area contributed by atoms with Crippen LogP contribution < -0.4 is 5.32 Å². The third-order valence-corrected chi connectivity index (χ3v) is 3.20. The van der Waals surface area contributed by atoms with Gasteiger partial charge in [-0.1, -0.05) is 12.8 Å². The smallest absolute Gasteiger partial charge is 0.0726 e. The lowest BCUT2D eigenvalue weighted by molar-refractivity contribution is 0.532. The Bertz CT molecular complexity index is 298. The summed E-state index contributed by atoms with van der Waals surface area (Å²) in [5.74, 6) is 0.882. The van der Waals surface area contributed by atoms with E-state index in [1.54, 1.807) is 0 Å². The molecular formula is C12H21N3. The third kappa shape index (κ3) is 2.74. The maximum absolute atomic E-state index is 4.32. The topological polar surface area (TPSA) is 29.9 Å². The molecule has 0 bridgehead atoms. The molecule has 0 saturated heterocycles. The van der Waals surface area contributed by atoms with Crippen molar-refractivity contribution >= 4 is 5.69 Å². The molecule has 15 heavy (non-hydrogen) atoms. The maximum atomic E-state index is 4.32. The summed E-state index contributed by atoms with van der Waals surface area (Å²) in [4.78, 5) is 0. The zero-order valence-corrected chi connectivity index (χ0v) is 9.74. The van der Waals surface area contributed by atoms with Crippen LogP contribution in [0.1, 0.15) is 45.6 Å². The molecule has 3 nitrogen and oxygen atoms in total. The van der Waals surface area contributed by atoms with Gasteiger partial charge in [0.05, 0.1) is 11.9 Å². The second-order valence-corrected chi connectivity index (χ2v) is 4.83. The minimum atomic E-state index is 0.451. The van der Waals surface area contributed by atoms with Gasteiger partial charge in [-0.25, -0.2) is 0 Å². The molecule has 84 valence electrons. The molecule has 1 saturated carbocycles. The molecule has 1 aliphatic rings. The van der Waals surface area contributed by atoms with Crippen molar-refractivity contribution in [1.82, 2.24) is 9.78 Å². The van der Waals surface area contributed by atoms with Crippen LogP contribution >= 0.6 is 0 Å². The Kier molecular flexibility index (Phi) is 3.29. The summed E-state index contributed by atoms with van der Waals surface area (Å²) in [6.45, 7) is 5.41. The normalized spacial score (nSPS) is 17.5. The number of rotatable bonds is 4. The standard InChI is InChI=1S/C12H21N3/c1-10(2)15-9-12(8-14-15)13-7-11-5-3-4-6-11/h8-11,13H,3-7H2,1-2H3. The molecule has 1 heterocycles. The lowest BCUT2D eigenvalue weighted by Crippen LogP contribution is -2.10. The number of anilines is 1. The summed E-state index contributed by atoms with van der Waals surface area (Å²) >= 11 is 0. The van der Waals surface area contributed by atoms with E-state index >= 15 is 0 Å². The van der Waals surface area contributed by atoms with Crippen LogP contribution in [0, 0.1) is 5.92 Å². The third-order valence-electron chi connectivity index (χ3n) is 3.20. The summed E-state index contributed by atoms with van der Waals surface area (Å²) in [5, 5.41) is 7.79. The number of hydrogen-bond acceptors (Lipinski definition) is 2. The van der Waals surface area contributed by atoms with Gasteiger partial charge in [-0.2, -0.15) is 5.10 Å². The average molecular weight is 207 g/mol. The zero-order valence-electron chi connectivity index (χ0n) is 9.74. The van der Waals surface area contributed by atoms with E-state index in [1.807, 2.05) is 10.9 Å². The monoisotopic (exact) mass is 207 g/mol. The molecule has 1 fully saturated rings. The predicted molar refractivity (Wildman–Crippen MR) is 63.1 cm³/mol. The second kappa shape index (κ2) is 4.69. The van der Waals surface area contributed by atoms with E-state index in [0.29, 0.717) is 6.04 Å². The van der Waals surface area contributed by atoms with Crippen LogP contribution in [-0.2, 0) is 0 Å². The molecule has 0 amide bonds. The first-order valence-corrected chi connectivity index (χ1v) is 6.03. The van der Waals surface area contributed by atoms with Crippen molar-refractivity contribution in [1.29, 1.82) is 0 Å². The van der Waals surface area contributed by atoms with Crippen molar-refractivity contribution in [3.05, 3.63) is 12.4 Å². The molecule has 0 aliphatic heterocycles. The largest absolute Gasteiger partial charge is 0.382 e. The Morgan fingerprint density at radius 3 is 2.80 bits per heavy atom. The van der Waals surface area contributed by atoms with Gasteiger partial charge in [-0.3, -0.25) is 4.68 Å². The highest BCUT2D eigenvalue weighted by atomic mass is 15.3. The van der Waals surface area contributed by atoms with Crippen molar-refractivity contribution in [3.8, 4) is 0 Å². The highest BCUT2D eigenvalue weighted by Crippen LogP contribution is 2.24. The number of hydrogen-bond donors (Lipinski definition) is 1. The Labute approximate surface area is 91.9 Å². The lowest BCUT2D eigenvalue weighted by atomic mass is 10.1. The summed E-state index contributed by atoms with van der Waals surface area (Å²) in [5.41, 5.74) is 1.16. The van der Waals surface area contributed by atoms with E-state index in [-0.39, 0.29) is 0 Å². The molecule has 1 aliphatic carbocycles. The first-order valence-electron chi connectivity index (χ1n) is 6.03. The molecule has 0 aromatic carbocycles. The van der Waals surface area contributed by atoms with Crippen molar-refractivity contribution < 1.29 is 0 Å². The minimum Gasteiger partial charge on any atom is -0.382 e. The summed E-state index contributed by atoms with van der Waals surface area (Å²) in [7, 11) is 0. The predicted octanol–water partition coefficient (Wildman–Crippen LogP) is 3.07. The summed E-state index contributed by atoms with van der Waals surface area (Å²) < 4.78 is 2.00. The molecular weight excluding hydrogens is 186 g/mol. The molecule has 0 atom stereocenters. The molecule has 1 aromatic rings. The second-order valence-electron chi connectivity index (χ2n) is 4.83. The van der Waals surface area contributed by atoms with Crippen LogP contribution in [0.5, 0.6) is 0 Å². The Morgan fingerprint density at radius 1 is 1.47 bits per heavy atom. The quantitative estimate of drug-likeness (QED) is 0.822. The fraction of sp³-hybridized carbons (Fsp3) is 0.750. The Morgan fingerprint density at radius 2 is 2.20 bits per heavy atom. The van der Waals surface area contributed by atoms with E-state index in [9.17, 15) is 0 Å². The molecule has 0 unspecified atom stereocenters. The van der Waals surface area contributed by atoms with Gasteiger partial charge < -0.3 is 5.32 Å². The van der Waals surface area contributed by atoms with Crippen molar-refractivity contribution in [2.24, 2.45) is 5.92 Å². The van der Waals surface area contributed by atoms with E-state index < -0.39 is 0 Å². The van der Waals surface area contributed by atoms with Gasteiger partial charge in [-0.05, 0) is 32.6 Å². The molecule has 3 heteroatoms. The van der Waals surface area contributed by atoms with Crippen LogP contribution in [-0.4, -0.2) is 16.3 Å². The summed E-state index contributed by atoms with van der Waals surface area (Å²) in [6.07, 6.45) is 9.64. The van der Waals surface area contributed by atoms with Crippen molar-refractivity contribution in [3.63, 3.8) is 0 Å². The maximum Gasteiger partial charge on any atom is 0.0726 e. The van der Waals surface area contributed by atoms with Gasteiger partial charge in [0, 0.05) is 18.8 Å². The van der Waals surface area contributed by atoms with Gasteiger partial charge in [0.1, 0.15) is 0 Å².